The van der Waals surface area contributed by atoms with Crippen LogP contribution in [0.4, 0.5) is 8.78 Å². The lowest BCUT2D eigenvalue weighted by Crippen LogP contribution is -2.48. The molecule has 112 heavy (non-hydrogen) atoms. The molecule has 0 unspecified atom stereocenters. The standard InChI is InChI=1S/2C42H56FN3O9S/c2*1-8-26-17-25(2)11-9-10-12-28-22-42(28,39(50)45-56(51,52)41(6)14-15-41)23-34(47)33-19-29(24-46(33)38(49)31(26)21-36(48)55-40(3,4)5)54-37-30-20-32(43)35(53-7)18-27(30)13-16-44-37/h2*10,12-13,16,18,20,25-26,28-29,31,33H,8-9,11,14-15,17,19,21-24H2,1-7H3,(H,45,50)/b2*12-10-/t25-,26+,28+,29+,31-,33-,42+;25-,26-,28-,29-,31+,33+,42-/m01/s1. The van der Waals surface area contributed by atoms with Crippen LogP contribution in [0.1, 0.15) is 212 Å². The van der Waals surface area contributed by atoms with Gasteiger partial charge in [-0.1, -0.05) is 64.8 Å². The van der Waals surface area contributed by atoms with E-state index in [1.807, 2.05) is 38.2 Å². The summed E-state index contributed by atoms with van der Waals surface area (Å²) in [6, 6.07) is 6.89. The molecule has 0 spiro atoms. The molecule has 2 aromatic carbocycles. The van der Waals surface area contributed by atoms with Crippen LogP contribution in [0.3, 0.4) is 0 Å². The number of carbonyl (C=O) groups is 8. The Morgan fingerprint density at radius 3 is 1.27 bits per heavy atom. The minimum atomic E-state index is -3.98. The van der Waals surface area contributed by atoms with E-state index in [-0.39, 0.29) is 135 Å². The second-order valence-electron chi connectivity index (χ2n) is 35.4. The summed E-state index contributed by atoms with van der Waals surface area (Å²) in [5, 5.41) is 1.98. The van der Waals surface area contributed by atoms with Gasteiger partial charge in [0.25, 0.3) is 0 Å². The third kappa shape index (κ3) is 18.9. The monoisotopic (exact) mass is 1590 g/mol. The number of ether oxygens (including phenoxy) is 6. The number of esters is 2. The smallest absolute Gasteiger partial charge is 0.307 e. The van der Waals surface area contributed by atoms with E-state index >= 15 is 0 Å². The Labute approximate surface area is 656 Å². The first-order chi connectivity index (χ1) is 52.6. The highest BCUT2D eigenvalue weighted by molar-refractivity contribution is 7.92. The quantitative estimate of drug-likeness (QED) is 0.0690. The lowest BCUT2D eigenvalue weighted by molar-refractivity contribution is -0.160. The molecular weight excluding hydrogens is 1480 g/mol. The maximum atomic E-state index is 15.0. The number of halogens is 2. The third-order valence-corrected chi connectivity index (χ3v) is 28.8. The number of sulfonamides is 2. The van der Waals surface area contributed by atoms with Crippen molar-refractivity contribution in [3.63, 3.8) is 0 Å². The van der Waals surface area contributed by atoms with Crippen molar-refractivity contribution in [2.24, 2.45) is 58.2 Å². The van der Waals surface area contributed by atoms with Crippen LogP contribution in [-0.2, 0) is 67.9 Å². The molecule has 2 saturated heterocycles. The number of carbonyl (C=O) groups excluding carboxylic acids is 8. The highest BCUT2D eigenvalue weighted by Gasteiger charge is 2.65. The van der Waals surface area contributed by atoms with Gasteiger partial charge in [-0.15, -0.1) is 0 Å². The van der Waals surface area contributed by atoms with E-state index in [0.717, 1.165) is 12.8 Å². The van der Waals surface area contributed by atoms with E-state index < -0.39 is 135 Å². The summed E-state index contributed by atoms with van der Waals surface area (Å²) in [6.07, 6.45) is 16.4. The van der Waals surface area contributed by atoms with Gasteiger partial charge in [0.15, 0.2) is 34.7 Å². The predicted octanol–water partition coefficient (Wildman–Crippen LogP) is 12.9. The molecule has 0 radical (unpaired) electrons. The number of Topliss-reactive ketones (excluding diaryl/α,β-unsaturated/α-hetero) is 2. The zero-order valence-electron chi connectivity index (χ0n) is 67.1. The number of fused-ring (bicyclic) bond motifs is 6. The van der Waals surface area contributed by atoms with E-state index in [1.54, 1.807) is 67.5 Å². The Morgan fingerprint density at radius 1 is 0.571 bits per heavy atom. The van der Waals surface area contributed by atoms with Gasteiger partial charge in [-0.3, -0.25) is 47.8 Å². The molecule has 6 heterocycles. The molecule has 4 aliphatic heterocycles. The summed E-state index contributed by atoms with van der Waals surface area (Å²) >= 11 is 0. The molecule has 0 bridgehead atoms. The van der Waals surface area contributed by atoms with Gasteiger partial charge in [0.2, 0.25) is 55.4 Å². The maximum Gasteiger partial charge on any atom is 0.307 e. The Morgan fingerprint density at radius 2 is 0.938 bits per heavy atom. The molecule has 4 amide bonds. The van der Waals surface area contributed by atoms with Gasteiger partial charge >= 0.3 is 11.9 Å². The van der Waals surface area contributed by atoms with Crippen LogP contribution < -0.4 is 28.4 Å². The van der Waals surface area contributed by atoms with Crippen molar-refractivity contribution in [1.29, 1.82) is 0 Å². The fourth-order valence-electron chi connectivity index (χ4n) is 16.9. The molecule has 14 atom stereocenters. The van der Waals surface area contributed by atoms with Crippen molar-refractivity contribution in [3.8, 4) is 23.3 Å². The summed E-state index contributed by atoms with van der Waals surface area (Å²) in [4.78, 5) is 126. The molecular formula is C84H112F2N6O18S2. The molecule has 24 nitrogen and oxygen atoms in total. The first-order valence-electron chi connectivity index (χ1n) is 39.7. The number of allylic oxidation sites excluding steroid dienone is 4. The Bertz CT molecular complexity index is 4300. The minimum Gasteiger partial charge on any atom is -0.494 e. The van der Waals surface area contributed by atoms with Gasteiger partial charge < -0.3 is 38.2 Å². The van der Waals surface area contributed by atoms with Crippen molar-refractivity contribution in [2.75, 3.05) is 27.3 Å². The lowest BCUT2D eigenvalue weighted by Gasteiger charge is -2.33. The van der Waals surface area contributed by atoms with Crippen molar-refractivity contribution >= 4 is 88.7 Å². The second-order valence-corrected chi connectivity index (χ2v) is 39.8. The average Bonchev–Trinajstić information content (AvgIpc) is 1.57. The van der Waals surface area contributed by atoms with Crippen LogP contribution in [-0.4, -0.2) is 156 Å². The highest BCUT2D eigenvalue weighted by atomic mass is 32.2. The Kier molecular flexibility index (Phi) is 25.0. The van der Waals surface area contributed by atoms with Crippen molar-refractivity contribution in [1.82, 2.24) is 29.2 Å². The summed E-state index contributed by atoms with van der Waals surface area (Å²) in [7, 11) is -5.21. The largest absolute Gasteiger partial charge is 0.494 e. The van der Waals surface area contributed by atoms with E-state index in [0.29, 0.717) is 85.8 Å². The van der Waals surface area contributed by atoms with E-state index in [9.17, 15) is 64.0 Å². The molecule has 612 valence electrons. The molecule has 4 aliphatic carbocycles. The van der Waals surface area contributed by atoms with E-state index in [2.05, 4.69) is 33.3 Å². The number of aromatic nitrogens is 2. The molecule has 12 rings (SSSR count). The van der Waals surface area contributed by atoms with Gasteiger partial charge in [0.05, 0.1) is 84.4 Å². The fourth-order valence-corrected chi connectivity index (χ4v) is 19.6. The van der Waals surface area contributed by atoms with Crippen LogP contribution in [0.5, 0.6) is 23.3 Å². The summed E-state index contributed by atoms with van der Waals surface area (Å²) < 4.78 is 120. The number of benzene rings is 2. The minimum absolute atomic E-state index is 0.0297. The number of hydrogen-bond donors (Lipinski definition) is 2. The van der Waals surface area contributed by atoms with Gasteiger partial charge in [-0.2, -0.15) is 0 Å². The third-order valence-electron chi connectivity index (χ3n) is 24.4. The summed E-state index contributed by atoms with van der Waals surface area (Å²) in [5.41, 5.74) is -4.16. The molecule has 6 fully saturated rings. The summed E-state index contributed by atoms with van der Waals surface area (Å²) in [5.74, 6) is -7.27. The molecule has 28 heteroatoms. The molecule has 4 saturated carbocycles. The van der Waals surface area contributed by atoms with Crippen LogP contribution >= 0.6 is 0 Å². The van der Waals surface area contributed by atoms with Crippen LogP contribution in [0, 0.1) is 69.8 Å². The number of nitrogens with zero attached hydrogens (tertiary/aromatic N) is 4. The van der Waals surface area contributed by atoms with Crippen LogP contribution in [0.15, 0.2) is 73.1 Å². The summed E-state index contributed by atoms with van der Waals surface area (Å²) in [6.45, 7) is 22.0. The van der Waals surface area contributed by atoms with E-state index in [1.165, 1.54) is 60.7 Å². The topological polar surface area (TPSA) is 317 Å². The van der Waals surface area contributed by atoms with Crippen LogP contribution in [0.25, 0.3) is 21.5 Å². The van der Waals surface area contributed by atoms with Crippen LogP contribution in [0.2, 0.25) is 0 Å². The number of ketones is 2. The second kappa shape index (κ2) is 33.0. The van der Waals surface area contributed by atoms with E-state index in [4.69, 9.17) is 28.4 Å². The fraction of sp³-hybridized carbons (Fsp3) is 0.643. The van der Waals surface area contributed by atoms with Gasteiger partial charge in [-0.25, -0.2) is 35.6 Å². The molecule has 4 aromatic rings. The van der Waals surface area contributed by atoms with Crippen molar-refractivity contribution in [3.05, 3.63) is 84.7 Å². The molecule has 2 N–H and O–H groups in total. The first kappa shape index (κ1) is 84.8. The van der Waals surface area contributed by atoms with Gasteiger partial charge in [-0.05, 0) is 215 Å². The molecule has 8 aliphatic rings. The predicted molar refractivity (Wildman–Crippen MR) is 415 cm³/mol. The first-order valence-corrected chi connectivity index (χ1v) is 42.7. The number of nitrogens with one attached hydrogen (secondary N) is 2. The van der Waals surface area contributed by atoms with Gasteiger partial charge in [0.1, 0.15) is 23.4 Å². The number of rotatable bonds is 18. The Hall–Kier alpha value is -8.14. The number of amides is 4. The molecule has 2 aromatic heterocycles. The number of hydrogen-bond acceptors (Lipinski definition) is 20. The van der Waals surface area contributed by atoms with Crippen molar-refractivity contribution in [2.45, 2.75) is 256 Å². The SMILES string of the molecule is CC[C@@H]1C[C@@H](C)CC/C=C\[C@@H]2C[C@@]2(C(=O)NS(=O)(=O)C2(C)CC2)CC(=O)[C@@H]2C[C@@H](Oc3nccc4cc(OC)c(F)cc34)CN2C(=O)[C@H]1CC(=O)OC(C)(C)C.CC[C@@H]1C[C@H](C)CC/C=C\[C@@H]2C[C@@]2(C(=O)NS(=O)(=O)C2(C)CC2)CC(=O)[C@@H]2C[C@@H](Oc3nccc4cc(OC)c(F)cc34)CN2C(=O)[C@H]1CC(=O)OC(C)(C)C. The normalized spacial score (nSPS) is 30.0. The van der Waals surface area contributed by atoms with Gasteiger partial charge in [0, 0.05) is 48.8 Å². The highest BCUT2D eigenvalue weighted by Crippen LogP contribution is 2.59. The lowest BCUT2D eigenvalue weighted by atomic mass is 9.79. The average molecular weight is 1600 g/mol. The zero-order chi connectivity index (χ0) is 81.6. The number of methoxy groups -OCH3 is 2. The maximum absolute atomic E-state index is 15.0. The Balaban J connectivity index is 0.000000221. The van der Waals surface area contributed by atoms with Crippen molar-refractivity contribution < 1.29 is 92.4 Å². The number of pyridine rings is 2. The zero-order valence-corrected chi connectivity index (χ0v) is 68.8.